The van der Waals surface area contributed by atoms with Crippen molar-refractivity contribution in [2.24, 2.45) is 0 Å². The van der Waals surface area contributed by atoms with Crippen LogP contribution < -0.4 is 4.72 Å². The summed E-state index contributed by atoms with van der Waals surface area (Å²) in [5.41, 5.74) is 1.34. The van der Waals surface area contributed by atoms with Gasteiger partial charge in [-0.05, 0) is 24.1 Å². The minimum absolute atomic E-state index is 0.0683. The first-order chi connectivity index (χ1) is 8.37. The lowest BCUT2D eigenvalue weighted by molar-refractivity contribution is -0.136. The average molecular weight is 273 g/mol. The van der Waals surface area contributed by atoms with E-state index in [0.717, 1.165) is 11.8 Å². The summed E-state index contributed by atoms with van der Waals surface area (Å²) < 4.78 is 24.2. The zero-order valence-corrected chi connectivity index (χ0v) is 11.6. The van der Waals surface area contributed by atoms with E-state index in [-0.39, 0.29) is 6.42 Å². The van der Waals surface area contributed by atoms with Gasteiger partial charge in [-0.15, -0.1) is 0 Å². The van der Waals surface area contributed by atoms with Crippen molar-refractivity contribution in [2.75, 3.05) is 11.0 Å². The lowest BCUT2D eigenvalue weighted by Gasteiger charge is -2.04. The van der Waals surface area contributed by atoms with Gasteiger partial charge in [0.05, 0.1) is 6.26 Å². The van der Waals surface area contributed by atoms with Gasteiger partial charge in [-0.3, -0.25) is 9.52 Å². The fourth-order valence-electron chi connectivity index (χ4n) is 1.20. The van der Waals surface area contributed by atoms with E-state index >= 15 is 0 Å². The van der Waals surface area contributed by atoms with Gasteiger partial charge in [-0.25, -0.2) is 8.42 Å². The zero-order valence-electron chi connectivity index (χ0n) is 10.8. The van der Waals surface area contributed by atoms with Gasteiger partial charge in [0.25, 0.3) is 0 Å². The van der Waals surface area contributed by atoms with E-state index in [0.29, 0.717) is 12.1 Å². The van der Waals surface area contributed by atoms with Crippen LogP contribution in [0.25, 0.3) is 0 Å². The molecule has 0 aliphatic heterocycles. The number of benzene rings is 1. The second-order valence-corrected chi connectivity index (χ2v) is 5.21. The number of hydrogen-bond donors (Lipinski definition) is 2. The first-order valence-corrected chi connectivity index (χ1v) is 7.54. The molecule has 5 nitrogen and oxygen atoms in total. The summed E-state index contributed by atoms with van der Waals surface area (Å²) >= 11 is 0. The van der Waals surface area contributed by atoms with Gasteiger partial charge in [0.1, 0.15) is 0 Å². The van der Waals surface area contributed by atoms with E-state index in [1.165, 1.54) is 0 Å². The van der Waals surface area contributed by atoms with Gasteiger partial charge in [0.15, 0.2) is 0 Å². The molecule has 0 aromatic heterocycles. The molecule has 1 aromatic carbocycles. The Balaban J connectivity index is 0.00000137. The molecule has 0 fully saturated rings. The summed E-state index contributed by atoms with van der Waals surface area (Å²) in [5, 5.41) is 8.49. The Morgan fingerprint density at radius 2 is 1.72 bits per heavy atom. The largest absolute Gasteiger partial charge is 0.481 e. The minimum atomic E-state index is -3.26. The second kappa shape index (κ2) is 7.71. The predicted molar refractivity (Wildman–Crippen MR) is 72.2 cm³/mol. The highest BCUT2D eigenvalue weighted by atomic mass is 32.2. The molecule has 18 heavy (non-hydrogen) atoms. The molecule has 0 saturated heterocycles. The smallest absolute Gasteiger partial charge is 0.303 e. The van der Waals surface area contributed by atoms with E-state index in [4.69, 9.17) is 5.11 Å². The van der Waals surface area contributed by atoms with Gasteiger partial charge in [-0.1, -0.05) is 26.0 Å². The lowest BCUT2D eigenvalue weighted by Crippen LogP contribution is -2.09. The second-order valence-electron chi connectivity index (χ2n) is 3.46. The molecule has 102 valence electrons. The molecule has 0 saturated carbocycles. The van der Waals surface area contributed by atoms with Gasteiger partial charge >= 0.3 is 5.97 Å². The molecule has 0 aliphatic rings. The number of nitrogens with one attached hydrogen (secondary N) is 1. The number of carboxylic acid groups (broad SMARTS) is 1. The van der Waals surface area contributed by atoms with Crippen LogP contribution in [0.4, 0.5) is 5.69 Å². The molecule has 6 heteroatoms. The van der Waals surface area contributed by atoms with Crippen LogP contribution >= 0.6 is 0 Å². The average Bonchev–Trinajstić information content (AvgIpc) is 2.29. The van der Waals surface area contributed by atoms with Gasteiger partial charge in [-0.2, -0.15) is 0 Å². The number of carbonyl (C=O) groups is 1. The number of rotatable bonds is 5. The summed E-state index contributed by atoms with van der Waals surface area (Å²) in [5.74, 6) is -0.849. The van der Waals surface area contributed by atoms with Crippen molar-refractivity contribution in [1.29, 1.82) is 0 Å². The standard InChI is InChI=1S/C10H13NO4S.C2H6/c1-16(14,15)11-9-5-2-8(3-6-9)4-7-10(12)13;1-2/h2-3,5-6,11H,4,7H2,1H3,(H,12,13);1-2H3. The van der Waals surface area contributed by atoms with Crippen molar-refractivity contribution in [3.05, 3.63) is 29.8 Å². The molecule has 0 aliphatic carbocycles. The Morgan fingerprint density at radius 3 is 2.11 bits per heavy atom. The molecule has 0 bridgehead atoms. The van der Waals surface area contributed by atoms with E-state index in [2.05, 4.69) is 4.72 Å². The maximum atomic E-state index is 10.9. The summed E-state index contributed by atoms with van der Waals surface area (Å²) in [6.45, 7) is 4.00. The summed E-state index contributed by atoms with van der Waals surface area (Å²) in [6, 6.07) is 6.63. The molecule has 0 radical (unpaired) electrons. The van der Waals surface area contributed by atoms with Crippen molar-refractivity contribution in [1.82, 2.24) is 0 Å². The number of hydrogen-bond acceptors (Lipinski definition) is 3. The molecule has 0 heterocycles. The Hall–Kier alpha value is -1.56. The topological polar surface area (TPSA) is 83.5 Å². The Morgan fingerprint density at radius 1 is 1.22 bits per heavy atom. The van der Waals surface area contributed by atoms with E-state index in [9.17, 15) is 13.2 Å². The van der Waals surface area contributed by atoms with Crippen LogP contribution in [0.1, 0.15) is 25.8 Å². The summed E-state index contributed by atoms with van der Waals surface area (Å²) in [7, 11) is -3.26. The van der Waals surface area contributed by atoms with E-state index < -0.39 is 16.0 Å². The number of carboxylic acids is 1. The third-order valence-electron chi connectivity index (χ3n) is 1.88. The SMILES string of the molecule is CC.CS(=O)(=O)Nc1ccc(CCC(=O)O)cc1. The predicted octanol–water partition coefficient (Wildman–Crippen LogP) is 2.10. The normalized spacial score (nSPS) is 10.2. The first kappa shape index (κ1) is 16.4. The number of aryl methyl sites for hydroxylation is 1. The third-order valence-corrected chi connectivity index (χ3v) is 2.49. The molecule has 0 spiro atoms. The molecular formula is C12H19NO4S. The van der Waals surface area contributed by atoms with Crippen LogP contribution in [-0.4, -0.2) is 25.7 Å². The van der Waals surface area contributed by atoms with Crippen molar-refractivity contribution >= 4 is 21.7 Å². The molecule has 0 atom stereocenters. The highest BCUT2D eigenvalue weighted by molar-refractivity contribution is 7.92. The van der Waals surface area contributed by atoms with Crippen LogP contribution in [0.5, 0.6) is 0 Å². The highest BCUT2D eigenvalue weighted by Gasteiger charge is 2.02. The first-order valence-electron chi connectivity index (χ1n) is 5.65. The van der Waals surface area contributed by atoms with Crippen LogP contribution in [0.15, 0.2) is 24.3 Å². The number of anilines is 1. The van der Waals surface area contributed by atoms with Gasteiger partial charge in [0, 0.05) is 12.1 Å². The van der Waals surface area contributed by atoms with Crippen LogP contribution in [0, 0.1) is 0 Å². The zero-order chi connectivity index (χ0) is 14.2. The Bertz CT molecular complexity index is 465. The highest BCUT2D eigenvalue weighted by Crippen LogP contribution is 2.12. The molecule has 0 unspecified atom stereocenters. The van der Waals surface area contributed by atoms with E-state index in [1.807, 2.05) is 13.8 Å². The molecular weight excluding hydrogens is 254 g/mol. The van der Waals surface area contributed by atoms with E-state index in [1.54, 1.807) is 24.3 Å². The lowest BCUT2D eigenvalue weighted by atomic mass is 10.1. The maximum absolute atomic E-state index is 10.9. The third kappa shape index (κ3) is 7.67. The molecule has 0 amide bonds. The fraction of sp³-hybridized carbons (Fsp3) is 0.417. The molecule has 1 rings (SSSR count). The molecule has 2 N–H and O–H groups in total. The quantitative estimate of drug-likeness (QED) is 0.860. The van der Waals surface area contributed by atoms with Gasteiger partial charge < -0.3 is 5.11 Å². The minimum Gasteiger partial charge on any atom is -0.481 e. The Kier molecular flexibility index (Phi) is 7.04. The number of aliphatic carboxylic acids is 1. The van der Waals surface area contributed by atoms with Crippen molar-refractivity contribution in [3.8, 4) is 0 Å². The van der Waals surface area contributed by atoms with Crippen LogP contribution in [-0.2, 0) is 21.2 Å². The summed E-state index contributed by atoms with van der Waals surface area (Å²) in [6.07, 6.45) is 1.58. The van der Waals surface area contributed by atoms with Gasteiger partial charge in [0.2, 0.25) is 10.0 Å². The Labute approximate surface area is 108 Å². The fourth-order valence-corrected chi connectivity index (χ4v) is 1.77. The molecule has 1 aromatic rings. The maximum Gasteiger partial charge on any atom is 0.303 e. The number of sulfonamides is 1. The van der Waals surface area contributed by atoms with Crippen molar-refractivity contribution in [3.63, 3.8) is 0 Å². The van der Waals surface area contributed by atoms with Crippen molar-refractivity contribution < 1.29 is 18.3 Å². The van der Waals surface area contributed by atoms with Crippen molar-refractivity contribution in [2.45, 2.75) is 26.7 Å². The van der Waals surface area contributed by atoms with Crippen LogP contribution in [0.3, 0.4) is 0 Å². The monoisotopic (exact) mass is 273 g/mol. The van der Waals surface area contributed by atoms with Crippen LogP contribution in [0.2, 0.25) is 0 Å². The summed E-state index contributed by atoms with van der Waals surface area (Å²) in [4.78, 5) is 10.3.